The summed E-state index contributed by atoms with van der Waals surface area (Å²) in [6.07, 6.45) is 1.01. The molecule has 0 radical (unpaired) electrons. The van der Waals surface area contributed by atoms with Crippen LogP contribution in [0.15, 0.2) is 22.7 Å². The minimum absolute atomic E-state index is 0.0271. The van der Waals surface area contributed by atoms with Crippen LogP contribution in [0.3, 0.4) is 0 Å². The number of rotatable bonds is 8. The number of thioether (sulfide) groups is 1. The SMILES string of the molecule is CCCNC(C)c1cc(Br)ccc1OCCSC(F)(F)F. The van der Waals surface area contributed by atoms with Gasteiger partial charge in [-0.3, -0.25) is 0 Å². The molecule has 2 nitrogen and oxygen atoms in total. The maximum Gasteiger partial charge on any atom is 0.441 e. The van der Waals surface area contributed by atoms with Crippen LogP contribution in [-0.4, -0.2) is 24.4 Å². The van der Waals surface area contributed by atoms with Crippen LogP contribution in [0.1, 0.15) is 31.9 Å². The smallest absolute Gasteiger partial charge is 0.441 e. The Bertz CT molecular complexity index is 443. The Kier molecular flexibility index (Phi) is 7.90. The van der Waals surface area contributed by atoms with Gasteiger partial charge in [-0.1, -0.05) is 22.9 Å². The normalized spacial score (nSPS) is 13.2. The van der Waals surface area contributed by atoms with Crippen molar-refractivity contribution in [2.75, 3.05) is 18.9 Å². The molecule has 1 rings (SSSR count). The summed E-state index contributed by atoms with van der Waals surface area (Å²) in [5.41, 5.74) is -3.27. The molecule has 1 aromatic carbocycles. The van der Waals surface area contributed by atoms with E-state index in [2.05, 4.69) is 28.2 Å². The van der Waals surface area contributed by atoms with Gasteiger partial charge in [-0.05, 0) is 49.9 Å². The monoisotopic (exact) mass is 385 g/mol. The maximum absolute atomic E-state index is 12.1. The zero-order chi connectivity index (χ0) is 15.9. The first-order valence-corrected chi connectivity index (χ1v) is 8.47. The summed E-state index contributed by atoms with van der Waals surface area (Å²) >= 11 is 3.34. The van der Waals surface area contributed by atoms with Crippen molar-refractivity contribution in [2.24, 2.45) is 0 Å². The summed E-state index contributed by atoms with van der Waals surface area (Å²) in [6.45, 7) is 4.98. The van der Waals surface area contributed by atoms with E-state index in [9.17, 15) is 13.2 Å². The molecule has 7 heteroatoms. The molecule has 0 amide bonds. The summed E-state index contributed by atoms with van der Waals surface area (Å²) in [5.74, 6) is 0.507. The third-order valence-corrected chi connectivity index (χ3v) is 3.94. The highest BCUT2D eigenvalue weighted by Crippen LogP contribution is 2.31. The molecule has 0 spiro atoms. The van der Waals surface area contributed by atoms with E-state index < -0.39 is 5.51 Å². The van der Waals surface area contributed by atoms with Crippen LogP contribution in [0.4, 0.5) is 13.2 Å². The Morgan fingerprint density at radius 3 is 2.71 bits per heavy atom. The first-order chi connectivity index (χ1) is 9.83. The van der Waals surface area contributed by atoms with Crippen molar-refractivity contribution < 1.29 is 17.9 Å². The van der Waals surface area contributed by atoms with Crippen LogP contribution in [0.5, 0.6) is 5.75 Å². The average Bonchev–Trinajstić information content (AvgIpc) is 2.41. The highest BCUT2D eigenvalue weighted by atomic mass is 79.9. The third-order valence-electron chi connectivity index (χ3n) is 2.75. The molecule has 1 unspecified atom stereocenters. The second-order valence-corrected chi connectivity index (χ2v) is 6.58. The quantitative estimate of drug-likeness (QED) is 0.625. The van der Waals surface area contributed by atoms with Gasteiger partial charge >= 0.3 is 5.51 Å². The van der Waals surface area contributed by atoms with Gasteiger partial charge in [0.1, 0.15) is 5.75 Å². The molecule has 120 valence electrons. The lowest BCUT2D eigenvalue weighted by Crippen LogP contribution is -2.20. The molecular formula is C14H19BrF3NOS. The molecular weight excluding hydrogens is 367 g/mol. The van der Waals surface area contributed by atoms with Gasteiger partial charge in [0.05, 0.1) is 6.61 Å². The molecule has 0 aliphatic carbocycles. The van der Waals surface area contributed by atoms with Crippen LogP contribution in [0.2, 0.25) is 0 Å². The molecule has 0 heterocycles. The first kappa shape index (κ1) is 18.6. The fourth-order valence-corrected chi connectivity index (χ4v) is 2.55. The lowest BCUT2D eigenvalue weighted by Gasteiger charge is -2.18. The van der Waals surface area contributed by atoms with Crippen molar-refractivity contribution in [3.05, 3.63) is 28.2 Å². The summed E-state index contributed by atoms with van der Waals surface area (Å²) in [5, 5.41) is 3.34. The standard InChI is InChI=1S/C14H19BrF3NOS/c1-3-6-19-10(2)12-9-11(15)4-5-13(12)20-7-8-21-14(16,17)18/h4-5,9-10,19H,3,6-8H2,1-2H3. The third kappa shape index (κ3) is 7.42. The number of benzene rings is 1. The van der Waals surface area contributed by atoms with Crippen LogP contribution in [-0.2, 0) is 0 Å². The zero-order valence-electron chi connectivity index (χ0n) is 12.0. The molecule has 1 atom stereocenters. The van der Waals surface area contributed by atoms with Crippen molar-refractivity contribution in [3.8, 4) is 5.75 Å². The number of hydrogen-bond donors (Lipinski definition) is 1. The van der Waals surface area contributed by atoms with Gasteiger partial charge in [0, 0.05) is 21.8 Å². The maximum atomic E-state index is 12.1. The Hall–Kier alpha value is -0.400. The second-order valence-electron chi connectivity index (χ2n) is 4.50. The Labute approximate surface area is 136 Å². The van der Waals surface area contributed by atoms with E-state index in [0.29, 0.717) is 5.75 Å². The minimum atomic E-state index is -4.21. The summed E-state index contributed by atoms with van der Waals surface area (Å²) in [6, 6.07) is 5.61. The van der Waals surface area contributed by atoms with Crippen molar-refractivity contribution in [1.82, 2.24) is 5.32 Å². The van der Waals surface area contributed by atoms with E-state index >= 15 is 0 Å². The van der Waals surface area contributed by atoms with Gasteiger partial charge in [-0.2, -0.15) is 13.2 Å². The molecule has 0 bridgehead atoms. The topological polar surface area (TPSA) is 21.3 Å². The molecule has 0 fully saturated rings. The van der Waals surface area contributed by atoms with E-state index in [-0.39, 0.29) is 30.2 Å². The average molecular weight is 386 g/mol. The van der Waals surface area contributed by atoms with Crippen molar-refractivity contribution in [1.29, 1.82) is 0 Å². The zero-order valence-corrected chi connectivity index (χ0v) is 14.4. The molecule has 1 aromatic rings. The Morgan fingerprint density at radius 2 is 2.10 bits per heavy atom. The van der Waals surface area contributed by atoms with Crippen molar-refractivity contribution >= 4 is 27.7 Å². The number of ether oxygens (including phenoxy) is 1. The highest BCUT2D eigenvalue weighted by molar-refractivity contribution is 9.10. The van der Waals surface area contributed by atoms with Crippen molar-refractivity contribution in [3.63, 3.8) is 0 Å². The Morgan fingerprint density at radius 1 is 1.38 bits per heavy atom. The van der Waals surface area contributed by atoms with Gasteiger partial charge in [0.15, 0.2) is 0 Å². The molecule has 0 aliphatic heterocycles. The largest absolute Gasteiger partial charge is 0.492 e. The van der Waals surface area contributed by atoms with E-state index in [1.165, 1.54) is 0 Å². The van der Waals surface area contributed by atoms with Gasteiger partial charge in [0.25, 0.3) is 0 Å². The molecule has 0 saturated heterocycles. The molecule has 0 aliphatic rings. The summed E-state index contributed by atoms with van der Waals surface area (Å²) < 4.78 is 42.6. The Balaban J connectivity index is 2.64. The van der Waals surface area contributed by atoms with Crippen LogP contribution in [0, 0.1) is 0 Å². The highest BCUT2D eigenvalue weighted by Gasteiger charge is 2.27. The number of alkyl halides is 3. The van der Waals surface area contributed by atoms with Crippen LogP contribution < -0.4 is 10.1 Å². The first-order valence-electron chi connectivity index (χ1n) is 6.69. The number of hydrogen-bond acceptors (Lipinski definition) is 3. The number of nitrogens with one attached hydrogen (secondary N) is 1. The molecule has 0 saturated carbocycles. The van der Waals surface area contributed by atoms with E-state index in [4.69, 9.17) is 4.74 Å². The lowest BCUT2D eigenvalue weighted by atomic mass is 10.1. The fourth-order valence-electron chi connectivity index (χ4n) is 1.77. The van der Waals surface area contributed by atoms with Gasteiger partial charge in [-0.15, -0.1) is 0 Å². The van der Waals surface area contributed by atoms with Gasteiger partial charge in [0.2, 0.25) is 0 Å². The predicted molar refractivity (Wildman–Crippen MR) is 84.9 cm³/mol. The molecule has 21 heavy (non-hydrogen) atoms. The number of halogens is 4. The van der Waals surface area contributed by atoms with Crippen LogP contribution in [0.25, 0.3) is 0 Å². The predicted octanol–water partition coefficient (Wildman–Crippen LogP) is 5.14. The fraction of sp³-hybridized carbons (Fsp3) is 0.571. The molecule has 1 N–H and O–H groups in total. The van der Waals surface area contributed by atoms with E-state index in [1.54, 1.807) is 6.07 Å². The minimum Gasteiger partial charge on any atom is -0.492 e. The van der Waals surface area contributed by atoms with E-state index in [1.807, 2.05) is 19.1 Å². The van der Waals surface area contributed by atoms with E-state index in [0.717, 1.165) is 23.0 Å². The summed E-state index contributed by atoms with van der Waals surface area (Å²) in [4.78, 5) is 0. The van der Waals surface area contributed by atoms with Crippen molar-refractivity contribution in [2.45, 2.75) is 31.8 Å². The van der Waals surface area contributed by atoms with Gasteiger partial charge < -0.3 is 10.1 Å². The lowest BCUT2D eigenvalue weighted by molar-refractivity contribution is -0.0329. The van der Waals surface area contributed by atoms with Gasteiger partial charge in [-0.25, -0.2) is 0 Å². The summed E-state index contributed by atoms with van der Waals surface area (Å²) in [7, 11) is 0. The molecule has 0 aromatic heterocycles. The second kappa shape index (κ2) is 8.90. The van der Waals surface area contributed by atoms with Crippen LogP contribution >= 0.6 is 27.7 Å².